The molecule has 0 saturated carbocycles. The van der Waals surface area contributed by atoms with E-state index in [1.54, 1.807) is 23.4 Å². The van der Waals surface area contributed by atoms with Crippen LogP contribution >= 0.6 is 0 Å². The average Bonchev–Trinajstić information content (AvgIpc) is 3.28. The summed E-state index contributed by atoms with van der Waals surface area (Å²) in [7, 11) is 0. The molecule has 6 heteroatoms. The lowest BCUT2D eigenvalue weighted by Crippen LogP contribution is -2.28. The summed E-state index contributed by atoms with van der Waals surface area (Å²) in [6.45, 7) is 4.15. The maximum Gasteiger partial charge on any atom is 0.139 e. The van der Waals surface area contributed by atoms with Crippen LogP contribution in [0.3, 0.4) is 0 Å². The first-order valence-electron chi connectivity index (χ1n) is 9.07. The van der Waals surface area contributed by atoms with Gasteiger partial charge in [-0.05, 0) is 34.9 Å². The van der Waals surface area contributed by atoms with E-state index in [4.69, 9.17) is 0 Å². The van der Waals surface area contributed by atoms with Crippen molar-refractivity contribution in [1.82, 2.24) is 14.9 Å². The van der Waals surface area contributed by atoms with E-state index in [9.17, 15) is 9.50 Å². The molecular formula is C23H19FN4O. The number of rotatable bonds is 6. The lowest BCUT2D eigenvalue weighted by atomic mass is 9.98. The number of anilines is 1. The Morgan fingerprint density at radius 3 is 2.45 bits per heavy atom. The van der Waals surface area contributed by atoms with Gasteiger partial charge in [0.2, 0.25) is 0 Å². The highest BCUT2D eigenvalue weighted by molar-refractivity contribution is 5.78. The van der Waals surface area contributed by atoms with Crippen LogP contribution in [0, 0.1) is 5.82 Å². The van der Waals surface area contributed by atoms with Crippen molar-refractivity contribution in [1.29, 1.82) is 0 Å². The average molecular weight is 386 g/mol. The van der Waals surface area contributed by atoms with Crippen molar-refractivity contribution < 1.29 is 9.50 Å². The van der Waals surface area contributed by atoms with Gasteiger partial charge in [0, 0.05) is 11.6 Å². The monoisotopic (exact) mass is 386 g/mol. The summed E-state index contributed by atoms with van der Waals surface area (Å²) in [5.41, 5.74) is 4.35. The van der Waals surface area contributed by atoms with Gasteiger partial charge in [-0.1, -0.05) is 55.1 Å². The summed E-state index contributed by atoms with van der Waals surface area (Å²) in [6, 6.07) is 20.1. The molecule has 4 rings (SSSR count). The van der Waals surface area contributed by atoms with Crippen LogP contribution in [0.2, 0.25) is 0 Å². The number of phenolic OH excluding ortho intramolecular Hbond substituents is 1. The second-order valence-electron chi connectivity index (χ2n) is 6.52. The highest BCUT2D eigenvalue weighted by Crippen LogP contribution is 2.31. The number of hydrogen-bond donors (Lipinski definition) is 1. The molecule has 1 aromatic heterocycles. The molecule has 29 heavy (non-hydrogen) atoms. The summed E-state index contributed by atoms with van der Waals surface area (Å²) in [4.78, 5) is 0. The molecule has 0 fully saturated rings. The molecule has 1 N–H and O–H groups in total. The molecule has 0 aliphatic carbocycles. The predicted molar refractivity (Wildman–Crippen MR) is 112 cm³/mol. The Kier molecular flexibility index (Phi) is 5.07. The van der Waals surface area contributed by atoms with Gasteiger partial charge in [-0.15, -0.1) is 10.2 Å². The van der Waals surface area contributed by atoms with E-state index in [2.05, 4.69) is 16.8 Å². The van der Waals surface area contributed by atoms with Crippen molar-refractivity contribution in [2.75, 3.05) is 5.01 Å². The van der Waals surface area contributed by atoms with E-state index in [-0.39, 0.29) is 12.3 Å². The van der Waals surface area contributed by atoms with Crippen LogP contribution in [-0.4, -0.2) is 20.0 Å². The fourth-order valence-electron chi connectivity index (χ4n) is 3.20. The Labute approximate surface area is 168 Å². The molecule has 0 atom stereocenters. The third kappa shape index (κ3) is 3.87. The largest absolute Gasteiger partial charge is 0.508 e. The Balaban J connectivity index is 1.80. The molecule has 0 aliphatic rings. The van der Waals surface area contributed by atoms with E-state index >= 15 is 0 Å². The van der Waals surface area contributed by atoms with Crippen LogP contribution in [0.4, 0.5) is 10.1 Å². The zero-order chi connectivity index (χ0) is 20.2. The molecule has 0 aliphatic heterocycles. The third-order valence-corrected chi connectivity index (χ3v) is 4.68. The molecule has 4 aromatic rings. The number of aromatic hydroxyl groups is 1. The number of benzene rings is 3. The van der Waals surface area contributed by atoms with Crippen LogP contribution in [0.5, 0.6) is 5.75 Å². The van der Waals surface area contributed by atoms with Gasteiger partial charge in [0.1, 0.15) is 24.2 Å². The van der Waals surface area contributed by atoms with E-state index in [0.29, 0.717) is 5.56 Å². The maximum absolute atomic E-state index is 14.4. The van der Waals surface area contributed by atoms with Gasteiger partial charge in [-0.25, -0.2) is 9.07 Å². The lowest BCUT2D eigenvalue weighted by molar-refractivity contribution is 0.467. The van der Waals surface area contributed by atoms with Crippen molar-refractivity contribution in [3.63, 3.8) is 0 Å². The standard InChI is InChI=1S/C23H19FN4O/c1-2-17-8-10-20(12-22(17)18-6-4-3-5-7-18)28(27-15-25-26-16-27)14-19-9-11-21(29)13-23(19)24/h2-13,15-16,29H,1,14H2. The quantitative estimate of drug-likeness (QED) is 0.512. The molecular weight excluding hydrogens is 367 g/mol. The number of aromatic nitrogens is 3. The molecule has 144 valence electrons. The van der Waals surface area contributed by atoms with Gasteiger partial charge < -0.3 is 5.11 Å². The van der Waals surface area contributed by atoms with Gasteiger partial charge in [0.25, 0.3) is 0 Å². The second-order valence-corrected chi connectivity index (χ2v) is 6.52. The molecule has 5 nitrogen and oxygen atoms in total. The fraction of sp³-hybridized carbons (Fsp3) is 0.0435. The number of hydrogen-bond acceptors (Lipinski definition) is 4. The van der Waals surface area contributed by atoms with Gasteiger partial charge >= 0.3 is 0 Å². The van der Waals surface area contributed by atoms with Crippen LogP contribution in [0.25, 0.3) is 17.2 Å². The van der Waals surface area contributed by atoms with E-state index in [0.717, 1.165) is 28.4 Å². The Hall–Kier alpha value is -3.93. The number of halogens is 1. The third-order valence-electron chi connectivity index (χ3n) is 4.68. The minimum atomic E-state index is -0.478. The highest BCUT2D eigenvalue weighted by Gasteiger charge is 2.15. The summed E-state index contributed by atoms with van der Waals surface area (Å²) in [5.74, 6) is -0.585. The topological polar surface area (TPSA) is 54.2 Å². The van der Waals surface area contributed by atoms with Crippen LogP contribution in [0.15, 0.2) is 86.0 Å². The van der Waals surface area contributed by atoms with E-state index in [1.165, 1.54) is 6.07 Å². The summed E-state index contributed by atoms with van der Waals surface area (Å²) >= 11 is 0. The van der Waals surface area contributed by atoms with Crippen LogP contribution in [-0.2, 0) is 6.54 Å². The van der Waals surface area contributed by atoms with Gasteiger partial charge in [0.05, 0.1) is 12.2 Å². The second kappa shape index (κ2) is 7.98. The first kappa shape index (κ1) is 18.4. The SMILES string of the molecule is C=Cc1ccc(N(Cc2ccc(O)cc2F)n2cnnc2)cc1-c1ccccc1. The normalized spacial score (nSPS) is 10.7. The zero-order valence-corrected chi connectivity index (χ0v) is 15.6. The Morgan fingerprint density at radius 2 is 1.76 bits per heavy atom. The fourth-order valence-corrected chi connectivity index (χ4v) is 3.20. The van der Waals surface area contributed by atoms with Gasteiger partial charge in [-0.3, -0.25) is 5.01 Å². The summed E-state index contributed by atoms with van der Waals surface area (Å²) < 4.78 is 16.1. The maximum atomic E-state index is 14.4. The van der Waals surface area contributed by atoms with Crippen molar-refractivity contribution in [3.05, 3.63) is 103 Å². The molecule has 0 saturated heterocycles. The number of phenols is 1. The summed E-state index contributed by atoms with van der Waals surface area (Å²) in [6.07, 6.45) is 4.93. The first-order valence-corrected chi connectivity index (χ1v) is 9.07. The number of nitrogens with zero attached hydrogens (tertiary/aromatic N) is 4. The molecule has 0 spiro atoms. The molecule has 0 bridgehead atoms. The zero-order valence-electron chi connectivity index (χ0n) is 15.6. The van der Waals surface area contributed by atoms with Crippen molar-refractivity contribution in [2.45, 2.75) is 6.54 Å². The van der Waals surface area contributed by atoms with Gasteiger partial charge in [0.15, 0.2) is 0 Å². The minimum Gasteiger partial charge on any atom is -0.508 e. The van der Waals surface area contributed by atoms with E-state index in [1.807, 2.05) is 59.6 Å². The van der Waals surface area contributed by atoms with Crippen LogP contribution < -0.4 is 5.01 Å². The predicted octanol–water partition coefficient (Wildman–Crippen LogP) is 4.90. The molecule has 1 heterocycles. The van der Waals surface area contributed by atoms with Crippen molar-refractivity contribution >= 4 is 11.8 Å². The van der Waals surface area contributed by atoms with Crippen molar-refractivity contribution in [2.24, 2.45) is 0 Å². The highest BCUT2D eigenvalue weighted by atomic mass is 19.1. The van der Waals surface area contributed by atoms with Gasteiger partial charge in [-0.2, -0.15) is 0 Å². The smallest absolute Gasteiger partial charge is 0.139 e. The summed E-state index contributed by atoms with van der Waals surface area (Å²) in [5, 5.41) is 19.1. The molecule has 0 unspecified atom stereocenters. The molecule has 0 amide bonds. The molecule has 3 aromatic carbocycles. The lowest BCUT2D eigenvalue weighted by Gasteiger charge is -2.26. The Bertz CT molecular complexity index is 1130. The minimum absolute atomic E-state index is 0.108. The van der Waals surface area contributed by atoms with Crippen molar-refractivity contribution in [3.8, 4) is 16.9 Å². The van der Waals surface area contributed by atoms with E-state index < -0.39 is 5.82 Å². The Morgan fingerprint density at radius 1 is 1.00 bits per heavy atom. The van der Waals surface area contributed by atoms with Crippen LogP contribution in [0.1, 0.15) is 11.1 Å². The first-order chi connectivity index (χ1) is 14.2. The molecule has 0 radical (unpaired) electrons.